The molecular formula is C18H23NO. The highest BCUT2D eigenvalue weighted by Crippen LogP contribution is 2.32. The molecule has 0 aromatic heterocycles. The number of benzene rings is 2. The van der Waals surface area contributed by atoms with Gasteiger partial charge in [-0.2, -0.15) is 0 Å². The number of rotatable bonds is 4. The molecule has 0 bridgehead atoms. The molecule has 106 valence electrons. The molecule has 0 saturated heterocycles. The summed E-state index contributed by atoms with van der Waals surface area (Å²) < 4.78 is 0. The number of phenolic OH excluding ortho intramolecular Hbond substituents is 1. The average molecular weight is 269 g/mol. The van der Waals surface area contributed by atoms with Crippen LogP contribution in [-0.2, 0) is 0 Å². The van der Waals surface area contributed by atoms with Crippen molar-refractivity contribution in [1.82, 2.24) is 0 Å². The van der Waals surface area contributed by atoms with Crippen LogP contribution in [0, 0.1) is 5.41 Å². The van der Waals surface area contributed by atoms with Gasteiger partial charge in [0, 0.05) is 5.69 Å². The van der Waals surface area contributed by atoms with Crippen molar-refractivity contribution in [2.24, 2.45) is 5.41 Å². The van der Waals surface area contributed by atoms with Crippen LogP contribution < -0.4 is 5.32 Å². The zero-order valence-corrected chi connectivity index (χ0v) is 12.4. The molecule has 20 heavy (non-hydrogen) atoms. The summed E-state index contributed by atoms with van der Waals surface area (Å²) in [6.07, 6.45) is 1.04. The van der Waals surface area contributed by atoms with Crippen molar-refractivity contribution in [1.29, 1.82) is 0 Å². The van der Waals surface area contributed by atoms with Crippen LogP contribution in [0.4, 0.5) is 5.69 Å². The first-order valence-electron chi connectivity index (χ1n) is 7.04. The number of phenols is 1. The zero-order chi connectivity index (χ0) is 14.6. The van der Waals surface area contributed by atoms with Crippen molar-refractivity contribution >= 4 is 5.69 Å². The molecule has 0 heterocycles. The number of hydrogen-bond acceptors (Lipinski definition) is 2. The Morgan fingerprint density at radius 3 is 2.10 bits per heavy atom. The van der Waals surface area contributed by atoms with E-state index in [0.717, 1.165) is 12.1 Å². The van der Waals surface area contributed by atoms with Crippen LogP contribution in [0.15, 0.2) is 54.6 Å². The summed E-state index contributed by atoms with van der Waals surface area (Å²) in [5.41, 5.74) is 2.56. The van der Waals surface area contributed by atoms with Gasteiger partial charge in [0.15, 0.2) is 0 Å². The van der Waals surface area contributed by atoms with E-state index in [1.165, 1.54) is 5.56 Å². The molecule has 2 nitrogen and oxygen atoms in total. The Hall–Kier alpha value is -1.96. The van der Waals surface area contributed by atoms with Crippen molar-refractivity contribution in [2.75, 3.05) is 5.32 Å². The van der Waals surface area contributed by atoms with Gasteiger partial charge in [0.2, 0.25) is 0 Å². The highest BCUT2D eigenvalue weighted by molar-refractivity contribution is 5.48. The molecule has 0 aliphatic rings. The van der Waals surface area contributed by atoms with Crippen LogP contribution in [0.2, 0.25) is 0 Å². The van der Waals surface area contributed by atoms with Crippen LogP contribution in [0.5, 0.6) is 5.75 Å². The summed E-state index contributed by atoms with van der Waals surface area (Å²) in [5, 5.41) is 12.9. The van der Waals surface area contributed by atoms with Crippen LogP contribution in [0.25, 0.3) is 0 Å². The molecule has 0 radical (unpaired) electrons. The van der Waals surface area contributed by atoms with E-state index in [1.807, 2.05) is 18.2 Å². The molecule has 1 unspecified atom stereocenters. The number of nitrogens with one attached hydrogen (secondary N) is 1. The average Bonchev–Trinajstić information content (AvgIpc) is 2.40. The fourth-order valence-electron chi connectivity index (χ4n) is 2.31. The third kappa shape index (κ3) is 4.30. The monoisotopic (exact) mass is 269 g/mol. The third-order valence-corrected chi connectivity index (χ3v) is 3.23. The lowest BCUT2D eigenvalue weighted by Gasteiger charge is -2.28. The van der Waals surface area contributed by atoms with Gasteiger partial charge in [-0.05, 0) is 41.7 Å². The second kappa shape index (κ2) is 6.00. The number of anilines is 1. The van der Waals surface area contributed by atoms with Crippen LogP contribution in [0.3, 0.4) is 0 Å². The fraction of sp³-hybridized carbons (Fsp3) is 0.333. The summed E-state index contributed by atoms with van der Waals surface area (Å²) in [6.45, 7) is 6.75. The van der Waals surface area contributed by atoms with Gasteiger partial charge in [0.05, 0.1) is 6.04 Å². The second-order valence-electron chi connectivity index (χ2n) is 6.42. The minimum absolute atomic E-state index is 0.241. The predicted molar refractivity (Wildman–Crippen MR) is 85.0 cm³/mol. The maximum Gasteiger partial charge on any atom is 0.115 e. The first kappa shape index (κ1) is 14.4. The molecule has 0 aliphatic carbocycles. The van der Waals surface area contributed by atoms with Gasteiger partial charge in [-0.3, -0.25) is 0 Å². The Morgan fingerprint density at radius 1 is 0.950 bits per heavy atom. The largest absolute Gasteiger partial charge is 0.508 e. The van der Waals surface area contributed by atoms with Gasteiger partial charge >= 0.3 is 0 Å². The van der Waals surface area contributed by atoms with Crippen molar-refractivity contribution in [2.45, 2.75) is 33.2 Å². The lowest BCUT2D eigenvalue weighted by molar-refractivity contribution is 0.352. The standard InChI is InChI=1S/C18H23NO/c1-18(2,3)13-17(14-7-5-4-6-8-14)19-15-9-11-16(20)12-10-15/h4-12,17,19-20H,13H2,1-3H3. The van der Waals surface area contributed by atoms with Gasteiger partial charge < -0.3 is 10.4 Å². The Kier molecular flexibility index (Phi) is 4.33. The smallest absolute Gasteiger partial charge is 0.115 e. The first-order chi connectivity index (χ1) is 9.44. The van der Waals surface area contributed by atoms with Gasteiger partial charge in [0.25, 0.3) is 0 Å². The topological polar surface area (TPSA) is 32.3 Å². The van der Waals surface area contributed by atoms with Crippen LogP contribution >= 0.6 is 0 Å². The number of hydrogen-bond donors (Lipinski definition) is 2. The highest BCUT2D eigenvalue weighted by Gasteiger charge is 2.20. The SMILES string of the molecule is CC(C)(C)CC(Nc1ccc(O)cc1)c1ccccc1. The van der Waals surface area contributed by atoms with Gasteiger partial charge in [-0.1, -0.05) is 51.1 Å². The Labute approximate surface area is 121 Å². The molecule has 2 aromatic rings. The molecule has 2 aromatic carbocycles. The Balaban J connectivity index is 2.20. The van der Waals surface area contributed by atoms with Crippen LogP contribution in [-0.4, -0.2) is 5.11 Å². The molecule has 0 fully saturated rings. The summed E-state index contributed by atoms with van der Waals surface area (Å²) in [6, 6.07) is 18.0. The maximum absolute atomic E-state index is 9.37. The molecule has 0 amide bonds. The van der Waals surface area contributed by atoms with Gasteiger partial charge in [-0.15, -0.1) is 0 Å². The Bertz CT molecular complexity index is 526. The van der Waals surface area contributed by atoms with E-state index in [9.17, 15) is 5.11 Å². The number of aromatic hydroxyl groups is 1. The quantitative estimate of drug-likeness (QED) is 0.767. The highest BCUT2D eigenvalue weighted by atomic mass is 16.3. The van der Waals surface area contributed by atoms with E-state index in [0.29, 0.717) is 5.75 Å². The lowest BCUT2D eigenvalue weighted by Crippen LogP contribution is -2.18. The molecule has 0 aliphatic heterocycles. The fourth-order valence-corrected chi connectivity index (χ4v) is 2.31. The molecule has 1 atom stereocenters. The minimum atomic E-state index is 0.241. The first-order valence-corrected chi connectivity index (χ1v) is 7.04. The van der Waals surface area contributed by atoms with E-state index in [-0.39, 0.29) is 11.5 Å². The van der Waals surface area contributed by atoms with Crippen molar-refractivity contribution in [3.05, 3.63) is 60.2 Å². The van der Waals surface area contributed by atoms with E-state index in [2.05, 4.69) is 50.4 Å². The summed E-state index contributed by atoms with van der Waals surface area (Å²) in [7, 11) is 0. The summed E-state index contributed by atoms with van der Waals surface area (Å²) in [4.78, 5) is 0. The molecular weight excluding hydrogens is 246 g/mol. The summed E-state index contributed by atoms with van der Waals surface area (Å²) in [5.74, 6) is 0.294. The Morgan fingerprint density at radius 2 is 1.55 bits per heavy atom. The van der Waals surface area contributed by atoms with E-state index >= 15 is 0 Å². The normalized spacial score (nSPS) is 12.9. The second-order valence-corrected chi connectivity index (χ2v) is 6.42. The zero-order valence-electron chi connectivity index (χ0n) is 12.4. The molecule has 2 heteroatoms. The van der Waals surface area contributed by atoms with Crippen molar-refractivity contribution in [3.8, 4) is 5.75 Å². The molecule has 2 rings (SSSR count). The van der Waals surface area contributed by atoms with Gasteiger partial charge in [0.1, 0.15) is 5.75 Å². The summed E-state index contributed by atoms with van der Waals surface area (Å²) >= 11 is 0. The lowest BCUT2D eigenvalue weighted by atomic mass is 9.85. The maximum atomic E-state index is 9.37. The molecule has 0 saturated carbocycles. The van der Waals surface area contributed by atoms with Gasteiger partial charge in [-0.25, -0.2) is 0 Å². The van der Waals surface area contributed by atoms with Crippen molar-refractivity contribution in [3.63, 3.8) is 0 Å². The van der Waals surface area contributed by atoms with Crippen LogP contribution in [0.1, 0.15) is 38.8 Å². The van der Waals surface area contributed by atoms with E-state index in [1.54, 1.807) is 12.1 Å². The molecule has 0 spiro atoms. The minimum Gasteiger partial charge on any atom is -0.508 e. The molecule has 2 N–H and O–H groups in total. The van der Waals surface area contributed by atoms with Crippen molar-refractivity contribution < 1.29 is 5.11 Å². The van der Waals surface area contributed by atoms with E-state index < -0.39 is 0 Å². The predicted octanol–water partition coefficient (Wildman–Crippen LogP) is 4.98. The van der Waals surface area contributed by atoms with E-state index in [4.69, 9.17) is 0 Å². The third-order valence-electron chi connectivity index (χ3n) is 3.23.